The predicted octanol–water partition coefficient (Wildman–Crippen LogP) is 2.34. The lowest BCUT2D eigenvalue weighted by atomic mass is 10.1. The first-order valence-corrected chi connectivity index (χ1v) is 6.35. The van der Waals surface area contributed by atoms with Crippen molar-refractivity contribution in [1.82, 2.24) is 4.90 Å². The fraction of sp³-hybridized carbons (Fsp3) is 0.500. The molecule has 0 bridgehead atoms. The van der Waals surface area contributed by atoms with Gasteiger partial charge in [-0.2, -0.15) is 0 Å². The highest BCUT2D eigenvalue weighted by atomic mass is 19.1. The summed E-state index contributed by atoms with van der Waals surface area (Å²) in [6.45, 7) is 5.41. The number of halogens is 1. The molecule has 0 aliphatic heterocycles. The summed E-state index contributed by atoms with van der Waals surface area (Å²) in [4.78, 5) is 14.0. The molecule has 0 aromatic heterocycles. The first-order chi connectivity index (χ1) is 8.60. The maximum Gasteiger partial charge on any atom is 0.253 e. The van der Waals surface area contributed by atoms with Gasteiger partial charge in [-0.3, -0.25) is 4.79 Å². The number of hydrogen-bond acceptors (Lipinski definition) is 2. The van der Waals surface area contributed by atoms with E-state index in [1.54, 1.807) is 17.9 Å². The molecule has 0 spiro atoms. The number of carbonyl (C=O) groups is 1. The summed E-state index contributed by atoms with van der Waals surface area (Å²) in [6.07, 6.45) is 1.97. The van der Waals surface area contributed by atoms with Gasteiger partial charge in [-0.25, -0.2) is 4.39 Å². The highest BCUT2D eigenvalue weighted by molar-refractivity contribution is 5.94. The molecule has 0 aliphatic rings. The molecule has 1 aromatic carbocycles. The van der Waals surface area contributed by atoms with Gasteiger partial charge in [-0.1, -0.05) is 13.3 Å². The number of nitrogens with zero attached hydrogens (tertiary/aromatic N) is 1. The molecule has 0 saturated carbocycles. The molecule has 1 rings (SSSR count). The molecule has 0 unspecified atom stereocenters. The third-order valence-corrected chi connectivity index (χ3v) is 2.87. The standard InChI is InChI=1S/C14H21FN2O/c1-3-4-8-17(9-7-16)14(18)12-5-6-13(15)11(2)10-12/h5-6,10H,3-4,7-9,16H2,1-2H3. The Kier molecular flexibility index (Phi) is 5.78. The highest BCUT2D eigenvalue weighted by Gasteiger charge is 2.15. The van der Waals surface area contributed by atoms with Gasteiger partial charge in [0.05, 0.1) is 0 Å². The Labute approximate surface area is 108 Å². The van der Waals surface area contributed by atoms with Crippen LogP contribution >= 0.6 is 0 Å². The molecular weight excluding hydrogens is 231 g/mol. The van der Waals surface area contributed by atoms with Gasteiger partial charge in [0.1, 0.15) is 5.82 Å². The smallest absolute Gasteiger partial charge is 0.253 e. The third-order valence-electron chi connectivity index (χ3n) is 2.87. The number of hydrogen-bond donors (Lipinski definition) is 1. The number of carbonyl (C=O) groups excluding carboxylic acids is 1. The first kappa shape index (κ1) is 14.6. The van der Waals surface area contributed by atoms with E-state index in [2.05, 4.69) is 6.92 Å². The largest absolute Gasteiger partial charge is 0.337 e. The maximum atomic E-state index is 13.2. The molecule has 0 saturated heterocycles. The van der Waals surface area contributed by atoms with Crippen molar-refractivity contribution in [2.45, 2.75) is 26.7 Å². The van der Waals surface area contributed by atoms with Crippen LogP contribution in [0.15, 0.2) is 18.2 Å². The second-order valence-corrected chi connectivity index (χ2v) is 4.40. The zero-order valence-corrected chi connectivity index (χ0v) is 11.1. The van der Waals surface area contributed by atoms with E-state index in [-0.39, 0.29) is 11.7 Å². The molecule has 0 heterocycles. The van der Waals surface area contributed by atoms with E-state index in [1.165, 1.54) is 12.1 Å². The van der Waals surface area contributed by atoms with Crippen molar-refractivity contribution in [2.75, 3.05) is 19.6 Å². The molecular formula is C14H21FN2O. The average molecular weight is 252 g/mol. The highest BCUT2D eigenvalue weighted by Crippen LogP contribution is 2.12. The predicted molar refractivity (Wildman–Crippen MR) is 71.0 cm³/mol. The molecule has 1 amide bonds. The zero-order chi connectivity index (χ0) is 13.5. The molecule has 2 N–H and O–H groups in total. The number of amides is 1. The van der Waals surface area contributed by atoms with Crippen molar-refractivity contribution in [3.63, 3.8) is 0 Å². The second kappa shape index (κ2) is 7.11. The van der Waals surface area contributed by atoms with Crippen molar-refractivity contribution < 1.29 is 9.18 Å². The third kappa shape index (κ3) is 3.81. The van der Waals surface area contributed by atoms with E-state index >= 15 is 0 Å². The van der Waals surface area contributed by atoms with Crippen LogP contribution in [-0.4, -0.2) is 30.4 Å². The lowest BCUT2D eigenvalue weighted by Gasteiger charge is -2.22. The lowest BCUT2D eigenvalue weighted by Crippen LogP contribution is -2.36. The van der Waals surface area contributed by atoms with Gasteiger partial charge in [0.2, 0.25) is 0 Å². The van der Waals surface area contributed by atoms with E-state index in [0.29, 0.717) is 30.8 Å². The fourth-order valence-electron chi connectivity index (χ4n) is 1.78. The molecule has 0 aliphatic carbocycles. The van der Waals surface area contributed by atoms with Crippen LogP contribution in [0, 0.1) is 12.7 Å². The minimum atomic E-state index is -0.287. The van der Waals surface area contributed by atoms with Crippen LogP contribution < -0.4 is 5.73 Å². The van der Waals surface area contributed by atoms with Gasteiger partial charge in [0.15, 0.2) is 0 Å². The molecule has 100 valence electrons. The first-order valence-electron chi connectivity index (χ1n) is 6.35. The van der Waals surface area contributed by atoms with E-state index in [1.807, 2.05) is 0 Å². The molecule has 4 heteroatoms. The van der Waals surface area contributed by atoms with Gasteiger partial charge in [-0.15, -0.1) is 0 Å². The Morgan fingerprint density at radius 1 is 1.39 bits per heavy atom. The van der Waals surface area contributed by atoms with Crippen molar-refractivity contribution >= 4 is 5.91 Å². The summed E-state index contributed by atoms with van der Waals surface area (Å²) in [6, 6.07) is 4.45. The van der Waals surface area contributed by atoms with Crippen LogP contribution in [0.1, 0.15) is 35.7 Å². The lowest BCUT2D eigenvalue weighted by molar-refractivity contribution is 0.0758. The Morgan fingerprint density at radius 3 is 2.67 bits per heavy atom. The monoisotopic (exact) mass is 252 g/mol. The van der Waals surface area contributed by atoms with E-state index in [9.17, 15) is 9.18 Å². The Hall–Kier alpha value is -1.42. The Morgan fingerprint density at radius 2 is 2.11 bits per heavy atom. The quantitative estimate of drug-likeness (QED) is 0.844. The van der Waals surface area contributed by atoms with Crippen LogP contribution in [0.25, 0.3) is 0 Å². The van der Waals surface area contributed by atoms with E-state index < -0.39 is 0 Å². The Bertz CT molecular complexity index is 407. The molecule has 0 radical (unpaired) electrons. The number of aryl methyl sites for hydroxylation is 1. The average Bonchev–Trinajstić information content (AvgIpc) is 2.37. The van der Waals surface area contributed by atoms with Crippen molar-refractivity contribution in [3.05, 3.63) is 35.1 Å². The topological polar surface area (TPSA) is 46.3 Å². The number of unbranched alkanes of at least 4 members (excludes halogenated alkanes) is 1. The van der Waals surface area contributed by atoms with Crippen molar-refractivity contribution in [3.8, 4) is 0 Å². The molecule has 3 nitrogen and oxygen atoms in total. The van der Waals surface area contributed by atoms with E-state index in [0.717, 1.165) is 12.8 Å². The van der Waals surface area contributed by atoms with E-state index in [4.69, 9.17) is 5.73 Å². The Balaban J connectivity index is 2.83. The fourth-order valence-corrected chi connectivity index (χ4v) is 1.78. The molecule has 0 atom stereocenters. The van der Waals surface area contributed by atoms with Gasteiger partial charge >= 0.3 is 0 Å². The summed E-state index contributed by atoms with van der Waals surface area (Å²) in [5, 5.41) is 0. The second-order valence-electron chi connectivity index (χ2n) is 4.40. The van der Waals surface area contributed by atoms with Gasteiger partial charge < -0.3 is 10.6 Å². The minimum absolute atomic E-state index is 0.0722. The number of rotatable bonds is 6. The summed E-state index contributed by atoms with van der Waals surface area (Å²) in [5.41, 5.74) is 6.53. The van der Waals surface area contributed by atoms with Crippen LogP contribution in [0.3, 0.4) is 0 Å². The zero-order valence-electron chi connectivity index (χ0n) is 11.1. The van der Waals surface area contributed by atoms with Gasteiger partial charge in [-0.05, 0) is 37.1 Å². The minimum Gasteiger partial charge on any atom is -0.337 e. The number of benzene rings is 1. The molecule has 1 aromatic rings. The van der Waals surface area contributed by atoms with Crippen molar-refractivity contribution in [1.29, 1.82) is 0 Å². The van der Waals surface area contributed by atoms with Gasteiger partial charge in [0, 0.05) is 25.2 Å². The van der Waals surface area contributed by atoms with Crippen LogP contribution in [0.5, 0.6) is 0 Å². The normalized spacial score (nSPS) is 10.4. The number of nitrogens with two attached hydrogens (primary N) is 1. The summed E-state index contributed by atoms with van der Waals surface area (Å²) in [5.74, 6) is -0.359. The van der Waals surface area contributed by atoms with Gasteiger partial charge in [0.25, 0.3) is 5.91 Å². The molecule has 18 heavy (non-hydrogen) atoms. The van der Waals surface area contributed by atoms with Crippen molar-refractivity contribution in [2.24, 2.45) is 5.73 Å². The SMILES string of the molecule is CCCCN(CCN)C(=O)c1ccc(F)c(C)c1. The summed E-state index contributed by atoms with van der Waals surface area (Å²) >= 11 is 0. The summed E-state index contributed by atoms with van der Waals surface area (Å²) in [7, 11) is 0. The maximum absolute atomic E-state index is 13.2. The van der Waals surface area contributed by atoms with Crippen LogP contribution in [-0.2, 0) is 0 Å². The summed E-state index contributed by atoms with van der Waals surface area (Å²) < 4.78 is 13.2. The van der Waals surface area contributed by atoms with Crippen LogP contribution in [0.4, 0.5) is 4.39 Å². The molecule has 0 fully saturated rings. The van der Waals surface area contributed by atoms with Crippen LogP contribution in [0.2, 0.25) is 0 Å².